The van der Waals surface area contributed by atoms with E-state index in [1.807, 2.05) is 44.2 Å². The molecule has 2 aromatic heterocycles. The minimum atomic E-state index is -0.842. The average Bonchev–Trinajstić information content (AvgIpc) is 3.38. The van der Waals surface area contributed by atoms with Crippen LogP contribution in [-0.4, -0.2) is 33.9 Å². The van der Waals surface area contributed by atoms with Crippen molar-refractivity contribution in [3.05, 3.63) is 88.8 Å². The van der Waals surface area contributed by atoms with E-state index in [9.17, 15) is 14.7 Å². The molecule has 5 rings (SSSR count). The zero-order valence-electron chi connectivity index (χ0n) is 18.8. The van der Waals surface area contributed by atoms with Crippen LogP contribution in [0.3, 0.4) is 0 Å². The van der Waals surface area contributed by atoms with E-state index in [4.69, 9.17) is 4.74 Å². The van der Waals surface area contributed by atoms with E-state index in [1.165, 1.54) is 16.2 Å². The van der Waals surface area contributed by atoms with Crippen molar-refractivity contribution in [3.63, 3.8) is 0 Å². The number of nitrogens with zero attached hydrogens (tertiary/aromatic N) is 3. The number of aliphatic hydroxyl groups excluding tert-OH is 1. The molecule has 1 unspecified atom stereocenters. The number of carbonyl (C=O) groups is 2. The highest BCUT2D eigenvalue weighted by Gasteiger charge is 2.48. The van der Waals surface area contributed by atoms with Crippen molar-refractivity contribution in [2.45, 2.75) is 19.9 Å². The minimum Gasteiger partial charge on any atom is -0.507 e. The summed E-state index contributed by atoms with van der Waals surface area (Å²) in [7, 11) is 1.58. The van der Waals surface area contributed by atoms with Gasteiger partial charge in [-0.3, -0.25) is 19.5 Å². The Labute approximate surface area is 200 Å². The molecule has 170 valence electrons. The Hall–Kier alpha value is -4.04. The Morgan fingerprint density at radius 1 is 1.06 bits per heavy atom. The first-order valence-corrected chi connectivity index (χ1v) is 11.4. The molecule has 34 heavy (non-hydrogen) atoms. The maximum absolute atomic E-state index is 13.3. The van der Waals surface area contributed by atoms with E-state index in [2.05, 4.69) is 9.97 Å². The van der Waals surface area contributed by atoms with Gasteiger partial charge in [-0.25, -0.2) is 4.98 Å². The van der Waals surface area contributed by atoms with Gasteiger partial charge >= 0.3 is 5.91 Å². The van der Waals surface area contributed by atoms with Gasteiger partial charge in [-0.2, -0.15) is 0 Å². The maximum atomic E-state index is 13.3. The van der Waals surface area contributed by atoms with E-state index < -0.39 is 17.7 Å². The van der Waals surface area contributed by atoms with Gasteiger partial charge in [0.25, 0.3) is 5.78 Å². The molecule has 3 heterocycles. The van der Waals surface area contributed by atoms with E-state index in [1.54, 1.807) is 37.7 Å². The largest absolute Gasteiger partial charge is 0.507 e. The van der Waals surface area contributed by atoms with Crippen LogP contribution >= 0.6 is 11.3 Å². The fraction of sp³-hybridized carbons (Fsp3) is 0.154. The van der Waals surface area contributed by atoms with Crippen LogP contribution in [0.5, 0.6) is 5.75 Å². The van der Waals surface area contributed by atoms with Crippen molar-refractivity contribution in [2.75, 3.05) is 12.0 Å². The van der Waals surface area contributed by atoms with E-state index in [-0.39, 0.29) is 11.3 Å². The lowest BCUT2D eigenvalue weighted by Gasteiger charge is -2.23. The number of fused-ring (bicyclic) bond motifs is 1. The predicted molar refractivity (Wildman–Crippen MR) is 131 cm³/mol. The van der Waals surface area contributed by atoms with Gasteiger partial charge in [0, 0.05) is 18.0 Å². The summed E-state index contributed by atoms with van der Waals surface area (Å²) in [6.07, 6.45) is 3.19. The number of aliphatic hydroxyl groups is 1. The molecule has 4 aromatic rings. The summed E-state index contributed by atoms with van der Waals surface area (Å²) < 4.78 is 6.12. The molecule has 1 amide bonds. The number of pyridine rings is 1. The molecule has 1 aliphatic rings. The Morgan fingerprint density at radius 2 is 1.82 bits per heavy atom. The van der Waals surface area contributed by atoms with Crippen molar-refractivity contribution in [1.29, 1.82) is 0 Å². The number of rotatable bonds is 4. The number of benzene rings is 2. The number of thiazole rings is 1. The highest BCUT2D eigenvalue weighted by molar-refractivity contribution is 7.22. The summed E-state index contributed by atoms with van der Waals surface area (Å²) >= 11 is 1.29. The van der Waals surface area contributed by atoms with Crippen molar-refractivity contribution in [3.8, 4) is 5.75 Å². The number of anilines is 1. The van der Waals surface area contributed by atoms with Gasteiger partial charge in [0.15, 0.2) is 5.13 Å². The number of methoxy groups -OCH3 is 1. The minimum absolute atomic E-state index is 0.0294. The zero-order chi connectivity index (χ0) is 24.0. The lowest BCUT2D eigenvalue weighted by Crippen LogP contribution is -2.29. The highest BCUT2D eigenvalue weighted by Crippen LogP contribution is 2.44. The summed E-state index contributed by atoms with van der Waals surface area (Å²) in [4.78, 5) is 36.7. The molecule has 0 bridgehead atoms. The molecule has 7 nitrogen and oxygen atoms in total. The van der Waals surface area contributed by atoms with E-state index in [0.29, 0.717) is 27.5 Å². The third kappa shape index (κ3) is 3.52. The molecule has 1 N–H and O–H groups in total. The molecule has 0 saturated carbocycles. The first-order valence-electron chi connectivity index (χ1n) is 10.6. The summed E-state index contributed by atoms with van der Waals surface area (Å²) in [6.45, 7) is 3.76. The van der Waals surface area contributed by atoms with Crippen molar-refractivity contribution in [2.24, 2.45) is 0 Å². The molecule has 0 spiro atoms. The fourth-order valence-electron chi connectivity index (χ4n) is 4.15. The van der Waals surface area contributed by atoms with E-state index in [0.717, 1.165) is 15.8 Å². The predicted octanol–water partition coefficient (Wildman–Crippen LogP) is 4.94. The number of aryl methyl sites for hydroxylation is 2. The number of aromatic nitrogens is 2. The van der Waals surface area contributed by atoms with Gasteiger partial charge in [-0.05, 0) is 61.4 Å². The number of Topliss-reactive ketones (excluding diaryl/α,β-unsaturated/α-hetero) is 1. The lowest BCUT2D eigenvalue weighted by atomic mass is 9.94. The van der Waals surface area contributed by atoms with Crippen LogP contribution < -0.4 is 9.64 Å². The normalized spacial score (nSPS) is 17.5. The van der Waals surface area contributed by atoms with Crippen molar-refractivity contribution in [1.82, 2.24) is 9.97 Å². The van der Waals surface area contributed by atoms with Crippen LogP contribution in [0.1, 0.15) is 28.3 Å². The standard InChI is InChI=1S/C26H21N3O4S/c1-14-4-5-15(2)18(12-14)23(30)21-22(16-8-10-27-11-9-16)29(25(32)24(21)31)26-28-19-7-6-17(33-3)13-20(19)34-26/h4-13,22,30H,1-3H3/b23-21+. The quantitative estimate of drug-likeness (QED) is 0.257. The molecular weight excluding hydrogens is 450 g/mol. The molecule has 1 atom stereocenters. The van der Waals surface area contributed by atoms with Gasteiger partial charge in [0.2, 0.25) is 0 Å². The van der Waals surface area contributed by atoms with Crippen LogP contribution in [-0.2, 0) is 9.59 Å². The molecule has 1 aliphatic heterocycles. The number of hydrogen-bond acceptors (Lipinski definition) is 7. The maximum Gasteiger partial charge on any atom is 0.301 e. The summed E-state index contributed by atoms with van der Waals surface area (Å²) in [5.41, 5.74) is 3.62. The Morgan fingerprint density at radius 3 is 2.56 bits per heavy atom. The number of carbonyl (C=O) groups excluding carboxylic acids is 2. The lowest BCUT2D eigenvalue weighted by molar-refractivity contribution is -0.132. The monoisotopic (exact) mass is 471 g/mol. The van der Waals surface area contributed by atoms with Crippen LogP contribution in [0.4, 0.5) is 5.13 Å². The van der Waals surface area contributed by atoms with Crippen LogP contribution in [0.2, 0.25) is 0 Å². The Balaban J connectivity index is 1.73. The van der Waals surface area contributed by atoms with Crippen molar-refractivity contribution >= 4 is 44.1 Å². The summed E-state index contributed by atoms with van der Waals surface area (Å²) in [5, 5.41) is 11.7. The second-order valence-corrected chi connectivity index (χ2v) is 9.11. The van der Waals surface area contributed by atoms with Crippen LogP contribution in [0, 0.1) is 13.8 Å². The zero-order valence-corrected chi connectivity index (χ0v) is 19.6. The van der Waals surface area contributed by atoms with Crippen molar-refractivity contribution < 1.29 is 19.4 Å². The number of ketones is 1. The Kier molecular flexibility index (Phi) is 5.37. The Bertz CT molecular complexity index is 1480. The third-order valence-electron chi connectivity index (χ3n) is 5.90. The van der Waals surface area contributed by atoms with Gasteiger partial charge in [-0.1, -0.05) is 29.0 Å². The molecule has 0 radical (unpaired) electrons. The second kappa shape index (κ2) is 8.39. The molecule has 2 aromatic carbocycles. The SMILES string of the molecule is COc1ccc2nc(N3C(=O)C(=O)/C(=C(/O)c4cc(C)ccc4C)C3c3ccncc3)sc2c1. The summed E-state index contributed by atoms with van der Waals surface area (Å²) in [5.74, 6) is -1.02. The first kappa shape index (κ1) is 21.8. The molecule has 8 heteroatoms. The van der Waals surface area contributed by atoms with Crippen LogP contribution in [0.25, 0.3) is 16.0 Å². The number of ether oxygens (including phenoxy) is 1. The number of hydrogen-bond donors (Lipinski definition) is 1. The topological polar surface area (TPSA) is 92.6 Å². The molecule has 1 saturated heterocycles. The average molecular weight is 472 g/mol. The molecular formula is C26H21N3O4S. The summed E-state index contributed by atoms with van der Waals surface area (Å²) in [6, 6.07) is 13.7. The highest BCUT2D eigenvalue weighted by atomic mass is 32.1. The molecule has 0 aliphatic carbocycles. The second-order valence-electron chi connectivity index (χ2n) is 8.10. The molecule has 1 fully saturated rings. The van der Waals surface area contributed by atoms with Gasteiger partial charge < -0.3 is 9.84 Å². The third-order valence-corrected chi connectivity index (χ3v) is 6.92. The smallest absolute Gasteiger partial charge is 0.301 e. The van der Waals surface area contributed by atoms with Crippen LogP contribution in [0.15, 0.2) is 66.5 Å². The van der Waals surface area contributed by atoms with E-state index >= 15 is 0 Å². The fourth-order valence-corrected chi connectivity index (χ4v) is 5.17. The number of amides is 1. The van der Waals surface area contributed by atoms with Gasteiger partial charge in [-0.15, -0.1) is 0 Å². The first-order chi connectivity index (χ1) is 16.4. The van der Waals surface area contributed by atoms with Gasteiger partial charge in [0.1, 0.15) is 11.5 Å². The van der Waals surface area contributed by atoms with Gasteiger partial charge in [0.05, 0.1) is 28.9 Å².